The molecule has 0 spiro atoms. The second-order valence-electron chi connectivity index (χ2n) is 6.05. The summed E-state index contributed by atoms with van der Waals surface area (Å²) < 4.78 is 15.9. The lowest BCUT2D eigenvalue weighted by Gasteiger charge is -2.09. The molecule has 2 aromatic carbocycles. The average Bonchev–Trinajstić information content (AvgIpc) is 3.11. The summed E-state index contributed by atoms with van der Waals surface area (Å²) >= 11 is 1.21. The van der Waals surface area contributed by atoms with Gasteiger partial charge in [-0.3, -0.25) is 9.36 Å². The van der Waals surface area contributed by atoms with Gasteiger partial charge in [0.2, 0.25) is 5.91 Å². The fourth-order valence-corrected chi connectivity index (χ4v) is 3.40. The van der Waals surface area contributed by atoms with Crippen molar-refractivity contribution in [2.45, 2.75) is 18.1 Å². The van der Waals surface area contributed by atoms with Gasteiger partial charge in [-0.2, -0.15) is 5.26 Å². The molecule has 0 radical (unpaired) electrons. The number of carbonyl (C=O) groups excluding carboxylic acids is 1. The summed E-state index contributed by atoms with van der Waals surface area (Å²) in [6.07, 6.45) is 1.99. The molecule has 29 heavy (non-hydrogen) atoms. The van der Waals surface area contributed by atoms with Crippen LogP contribution in [-0.4, -0.2) is 26.4 Å². The molecule has 1 amide bonds. The zero-order valence-corrected chi connectivity index (χ0v) is 16.3. The first-order chi connectivity index (χ1) is 14.1. The summed E-state index contributed by atoms with van der Waals surface area (Å²) in [7, 11) is 0. The molecule has 3 aromatic rings. The molecule has 0 atom stereocenters. The monoisotopic (exact) mass is 407 g/mol. The highest BCUT2D eigenvalue weighted by Gasteiger charge is 2.17. The van der Waals surface area contributed by atoms with Gasteiger partial charge in [0, 0.05) is 12.2 Å². The Morgan fingerprint density at radius 3 is 2.69 bits per heavy atom. The lowest BCUT2D eigenvalue weighted by atomic mass is 10.1. The fraction of sp³-hybridized carbons (Fsp3) is 0.143. The summed E-state index contributed by atoms with van der Waals surface area (Å²) in [5, 5.41) is 20.2. The van der Waals surface area contributed by atoms with Crippen molar-refractivity contribution in [2.75, 3.05) is 11.1 Å². The molecule has 1 heterocycles. The van der Waals surface area contributed by atoms with Gasteiger partial charge in [-0.25, -0.2) is 4.39 Å². The topological polar surface area (TPSA) is 83.6 Å². The van der Waals surface area contributed by atoms with Gasteiger partial charge in [-0.1, -0.05) is 42.1 Å². The molecule has 0 aliphatic carbocycles. The first-order valence-corrected chi connectivity index (χ1v) is 9.78. The van der Waals surface area contributed by atoms with E-state index >= 15 is 0 Å². The van der Waals surface area contributed by atoms with Gasteiger partial charge in [0.05, 0.1) is 23.8 Å². The Hall–Kier alpha value is -3.44. The number of hydrogen-bond acceptors (Lipinski definition) is 5. The third-order valence-corrected chi connectivity index (χ3v) is 4.96. The number of aromatic nitrogens is 3. The Kier molecular flexibility index (Phi) is 6.76. The zero-order chi connectivity index (χ0) is 20.6. The number of carbonyl (C=O) groups is 1. The van der Waals surface area contributed by atoms with E-state index in [0.29, 0.717) is 35.2 Å². The van der Waals surface area contributed by atoms with Crippen molar-refractivity contribution in [3.05, 3.63) is 72.6 Å². The van der Waals surface area contributed by atoms with Crippen molar-refractivity contribution < 1.29 is 9.18 Å². The molecule has 0 aliphatic rings. The van der Waals surface area contributed by atoms with E-state index < -0.39 is 0 Å². The smallest absolute Gasteiger partial charge is 0.234 e. The summed E-state index contributed by atoms with van der Waals surface area (Å²) in [6, 6.07) is 15.5. The lowest BCUT2D eigenvalue weighted by molar-refractivity contribution is -0.113. The van der Waals surface area contributed by atoms with Crippen molar-refractivity contribution in [1.29, 1.82) is 5.26 Å². The minimum atomic E-state index is -0.389. The minimum Gasteiger partial charge on any atom is -0.325 e. The third-order valence-electron chi connectivity index (χ3n) is 4.00. The standard InChI is InChI=1S/C21H18FN5OS/c1-2-13-27-20(17-5-3-4-6-18(17)22)25-26-21(27)29-14-19(28)24-16-9-7-15(8-10-16)11-12-23/h2-10H,1,11,13-14H2,(H,24,28). The quantitative estimate of drug-likeness (QED) is 0.450. The minimum absolute atomic E-state index is 0.118. The number of nitrogens with zero attached hydrogens (tertiary/aromatic N) is 4. The Bertz CT molecular complexity index is 1060. The predicted molar refractivity (Wildman–Crippen MR) is 111 cm³/mol. The number of amides is 1. The molecule has 1 aromatic heterocycles. The Balaban J connectivity index is 1.68. The second-order valence-corrected chi connectivity index (χ2v) is 7.00. The predicted octanol–water partition coefficient (Wildman–Crippen LogP) is 4.07. The SMILES string of the molecule is C=CCn1c(SCC(=O)Nc2ccc(CC#N)cc2)nnc1-c1ccccc1F. The second kappa shape index (κ2) is 9.66. The molecule has 0 aliphatic heterocycles. The van der Waals surface area contributed by atoms with Crippen LogP contribution in [0, 0.1) is 17.1 Å². The third kappa shape index (κ3) is 5.09. The van der Waals surface area contributed by atoms with Gasteiger partial charge < -0.3 is 5.32 Å². The maximum absolute atomic E-state index is 14.1. The van der Waals surface area contributed by atoms with Gasteiger partial charge in [0.1, 0.15) is 5.82 Å². The summed E-state index contributed by atoms with van der Waals surface area (Å²) in [5.74, 6) is -0.0890. The van der Waals surface area contributed by atoms with Crippen molar-refractivity contribution in [2.24, 2.45) is 0 Å². The lowest BCUT2D eigenvalue weighted by Crippen LogP contribution is -2.14. The van der Waals surface area contributed by atoms with Crippen LogP contribution in [0.3, 0.4) is 0 Å². The number of rotatable bonds is 8. The molecule has 0 saturated heterocycles. The van der Waals surface area contributed by atoms with Crippen LogP contribution in [0.5, 0.6) is 0 Å². The fourth-order valence-electron chi connectivity index (χ4n) is 2.66. The highest BCUT2D eigenvalue weighted by molar-refractivity contribution is 7.99. The van der Waals surface area contributed by atoms with E-state index in [-0.39, 0.29) is 17.5 Å². The summed E-state index contributed by atoms with van der Waals surface area (Å²) in [4.78, 5) is 12.3. The molecule has 146 valence electrons. The van der Waals surface area contributed by atoms with Crippen molar-refractivity contribution in [3.8, 4) is 17.5 Å². The highest BCUT2D eigenvalue weighted by atomic mass is 32.2. The molecule has 0 bridgehead atoms. The Morgan fingerprint density at radius 2 is 2.00 bits per heavy atom. The number of nitrogens with one attached hydrogen (secondary N) is 1. The highest BCUT2D eigenvalue weighted by Crippen LogP contribution is 2.26. The van der Waals surface area contributed by atoms with E-state index in [2.05, 4.69) is 28.2 Å². The molecule has 8 heteroatoms. The molecule has 0 saturated carbocycles. The van der Waals surface area contributed by atoms with Crippen LogP contribution in [0.4, 0.5) is 10.1 Å². The van der Waals surface area contributed by atoms with Crippen LogP contribution in [0.2, 0.25) is 0 Å². The van der Waals surface area contributed by atoms with Gasteiger partial charge in [0.15, 0.2) is 11.0 Å². The number of benzene rings is 2. The summed E-state index contributed by atoms with van der Waals surface area (Å²) in [6.45, 7) is 4.12. The normalized spacial score (nSPS) is 10.3. The van der Waals surface area contributed by atoms with Gasteiger partial charge in [-0.05, 0) is 29.8 Å². The first-order valence-electron chi connectivity index (χ1n) is 8.80. The number of hydrogen-bond donors (Lipinski definition) is 1. The molecule has 1 N–H and O–H groups in total. The van der Waals surface area contributed by atoms with Crippen molar-refractivity contribution in [3.63, 3.8) is 0 Å². The van der Waals surface area contributed by atoms with Crippen molar-refractivity contribution in [1.82, 2.24) is 14.8 Å². The van der Waals surface area contributed by atoms with E-state index in [1.165, 1.54) is 17.8 Å². The average molecular weight is 407 g/mol. The maximum atomic E-state index is 14.1. The number of nitriles is 1. The molecule has 0 unspecified atom stereocenters. The first kappa shape index (κ1) is 20.3. The van der Waals surface area contributed by atoms with E-state index in [1.54, 1.807) is 53.1 Å². The van der Waals surface area contributed by atoms with Gasteiger partial charge in [0.25, 0.3) is 0 Å². The van der Waals surface area contributed by atoms with Gasteiger partial charge >= 0.3 is 0 Å². The van der Waals surface area contributed by atoms with Crippen LogP contribution in [0.25, 0.3) is 11.4 Å². The molecule has 0 fully saturated rings. The van der Waals surface area contributed by atoms with E-state index in [1.807, 2.05) is 0 Å². The Morgan fingerprint density at radius 1 is 1.24 bits per heavy atom. The molecule has 6 nitrogen and oxygen atoms in total. The van der Waals surface area contributed by atoms with Crippen LogP contribution in [0.1, 0.15) is 5.56 Å². The maximum Gasteiger partial charge on any atom is 0.234 e. The number of thioether (sulfide) groups is 1. The largest absolute Gasteiger partial charge is 0.325 e. The molecular weight excluding hydrogens is 389 g/mol. The van der Waals surface area contributed by atoms with Crippen molar-refractivity contribution >= 4 is 23.4 Å². The van der Waals surface area contributed by atoms with Crippen LogP contribution >= 0.6 is 11.8 Å². The number of anilines is 1. The Labute approximate surface area is 172 Å². The van der Waals surface area contributed by atoms with E-state index in [0.717, 1.165) is 5.56 Å². The van der Waals surface area contributed by atoms with E-state index in [4.69, 9.17) is 5.26 Å². The molecule has 3 rings (SSSR count). The van der Waals surface area contributed by atoms with Crippen LogP contribution in [0.15, 0.2) is 66.3 Å². The van der Waals surface area contributed by atoms with Crippen LogP contribution in [-0.2, 0) is 17.8 Å². The number of halogens is 1. The molecular formula is C21H18FN5OS. The summed E-state index contributed by atoms with van der Waals surface area (Å²) in [5.41, 5.74) is 1.88. The van der Waals surface area contributed by atoms with E-state index in [9.17, 15) is 9.18 Å². The van der Waals surface area contributed by atoms with Gasteiger partial charge in [-0.15, -0.1) is 16.8 Å². The van der Waals surface area contributed by atoms with Crippen LogP contribution < -0.4 is 5.32 Å². The number of allylic oxidation sites excluding steroid dienone is 1. The zero-order valence-electron chi connectivity index (χ0n) is 15.5.